The molecule has 1 unspecified atom stereocenters. The Bertz CT molecular complexity index is 769. The maximum atomic E-state index is 4.87. The van der Waals surface area contributed by atoms with E-state index in [1.165, 1.54) is 17.7 Å². The molecule has 0 aromatic carbocycles. The summed E-state index contributed by atoms with van der Waals surface area (Å²) in [5, 5.41) is 5.62. The lowest BCUT2D eigenvalue weighted by Gasteiger charge is -2.23. The molecule has 1 saturated heterocycles. The molecule has 0 bridgehead atoms. The van der Waals surface area contributed by atoms with Gasteiger partial charge in [0.25, 0.3) is 0 Å². The van der Waals surface area contributed by atoms with E-state index in [2.05, 4.69) is 45.4 Å². The highest BCUT2D eigenvalue weighted by Gasteiger charge is 2.20. The van der Waals surface area contributed by atoms with E-state index in [4.69, 9.17) is 4.98 Å². The number of rotatable bonds is 3. The van der Waals surface area contributed by atoms with Crippen molar-refractivity contribution >= 4 is 22.5 Å². The van der Waals surface area contributed by atoms with E-state index in [9.17, 15) is 0 Å². The van der Waals surface area contributed by atoms with Crippen LogP contribution in [0.15, 0.2) is 29.8 Å². The average Bonchev–Trinajstić information content (AvgIpc) is 3.16. The van der Waals surface area contributed by atoms with Gasteiger partial charge in [0.2, 0.25) is 0 Å². The monoisotopic (exact) mass is 312 g/mol. The van der Waals surface area contributed by atoms with Crippen molar-refractivity contribution in [3.05, 3.63) is 35.3 Å². The van der Waals surface area contributed by atoms with E-state index in [0.717, 1.165) is 42.2 Å². The van der Waals surface area contributed by atoms with Gasteiger partial charge in [-0.1, -0.05) is 6.07 Å². The van der Waals surface area contributed by atoms with Crippen LogP contribution in [-0.4, -0.2) is 27.6 Å². The third-order valence-corrected chi connectivity index (χ3v) is 5.17. The molecule has 3 aromatic heterocycles. The molecule has 1 atom stereocenters. The lowest BCUT2D eigenvalue weighted by Crippen LogP contribution is -2.32. The van der Waals surface area contributed by atoms with Crippen molar-refractivity contribution in [1.82, 2.24) is 19.9 Å². The van der Waals surface area contributed by atoms with Gasteiger partial charge in [0.1, 0.15) is 5.52 Å². The van der Waals surface area contributed by atoms with Crippen molar-refractivity contribution in [3.8, 4) is 10.7 Å². The average molecular weight is 312 g/mol. The zero-order valence-electron chi connectivity index (χ0n) is 12.7. The summed E-state index contributed by atoms with van der Waals surface area (Å²) in [6.45, 7) is 5.31. The van der Waals surface area contributed by atoms with Gasteiger partial charge in [-0.15, -0.1) is 11.3 Å². The predicted molar refractivity (Wildman–Crippen MR) is 91.2 cm³/mol. The smallest absolute Gasteiger partial charge is 0.160 e. The number of hydrogen-bond acceptors (Lipinski definition) is 4. The molecule has 4 rings (SSSR count). The molecule has 3 aromatic rings. The van der Waals surface area contributed by atoms with Gasteiger partial charge >= 0.3 is 0 Å². The van der Waals surface area contributed by atoms with Gasteiger partial charge in [-0.3, -0.25) is 0 Å². The van der Waals surface area contributed by atoms with Crippen molar-refractivity contribution < 1.29 is 0 Å². The third-order valence-electron chi connectivity index (χ3n) is 4.30. The number of thiophene rings is 1. The van der Waals surface area contributed by atoms with Crippen molar-refractivity contribution in [2.75, 3.05) is 13.1 Å². The maximum Gasteiger partial charge on any atom is 0.160 e. The second kappa shape index (κ2) is 5.82. The Kier molecular flexibility index (Phi) is 3.68. The molecule has 4 nitrogen and oxygen atoms in total. The Hall–Kier alpha value is -1.72. The molecule has 1 N–H and O–H groups in total. The van der Waals surface area contributed by atoms with Crippen molar-refractivity contribution in [2.24, 2.45) is 5.92 Å². The van der Waals surface area contributed by atoms with Gasteiger partial charge in [-0.25, -0.2) is 9.97 Å². The number of pyridine rings is 1. The summed E-state index contributed by atoms with van der Waals surface area (Å²) in [5.74, 6) is 1.72. The number of piperidine rings is 1. The summed E-state index contributed by atoms with van der Waals surface area (Å²) < 4.78 is 2.32. The molecule has 0 radical (unpaired) electrons. The predicted octanol–water partition coefficient (Wildman–Crippen LogP) is 3.47. The van der Waals surface area contributed by atoms with E-state index < -0.39 is 0 Å². The van der Waals surface area contributed by atoms with E-state index >= 15 is 0 Å². The number of imidazole rings is 1. The van der Waals surface area contributed by atoms with E-state index in [0.29, 0.717) is 5.92 Å². The number of hydrogen-bond donors (Lipinski definition) is 1. The number of aromatic nitrogens is 3. The molecule has 0 aliphatic carbocycles. The minimum absolute atomic E-state index is 0.660. The standard InChI is InChI=1S/C17H20N4S/c1-12-8-14-16(19-9-12)21(11-13-4-2-6-18-10-13)17(20-14)15-5-3-7-22-15/h3,5,7-9,13,18H,2,4,6,10-11H2,1H3. The quantitative estimate of drug-likeness (QED) is 0.805. The first-order valence-electron chi connectivity index (χ1n) is 7.89. The van der Waals surface area contributed by atoms with Gasteiger partial charge < -0.3 is 9.88 Å². The van der Waals surface area contributed by atoms with Crippen LogP contribution in [0.25, 0.3) is 21.9 Å². The van der Waals surface area contributed by atoms with Crippen LogP contribution in [0.2, 0.25) is 0 Å². The van der Waals surface area contributed by atoms with Gasteiger partial charge in [0.05, 0.1) is 4.88 Å². The van der Waals surface area contributed by atoms with E-state index in [1.807, 2.05) is 6.20 Å². The van der Waals surface area contributed by atoms with Crippen molar-refractivity contribution in [1.29, 1.82) is 0 Å². The molecule has 1 aliphatic rings. The van der Waals surface area contributed by atoms with Crippen LogP contribution in [0.1, 0.15) is 18.4 Å². The molecule has 0 amide bonds. The molecule has 1 aliphatic heterocycles. The first-order chi connectivity index (χ1) is 10.8. The first kappa shape index (κ1) is 13.9. The number of fused-ring (bicyclic) bond motifs is 1. The summed E-state index contributed by atoms with van der Waals surface area (Å²) in [6.07, 6.45) is 4.48. The second-order valence-electron chi connectivity index (χ2n) is 6.09. The van der Waals surface area contributed by atoms with Crippen molar-refractivity contribution in [3.63, 3.8) is 0 Å². The third kappa shape index (κ3) is 2.55. The van der Waals surface area contributed by atoms with Gasteiger partial charge in [-0.05, 0) is 61.8 Å². The minimum atomic E-state index is 0.660. The molecular formula is C17H20N4S. The summed E-state index contributed by atoms with van der Waals surface area (Å²) in [5.41, 5.74) is 3.18. The highest BCUT2D eigenvalue weighted by molar-refractivity contribution is 7.13. The molecular weight excluding hydrogens is 292 g/mol. The maximum absolute atomic E-state index is 4.87. The summed E-state index contributed by atoms with van der Waals surface area (Å²) >= 11 is 1.74. The van der Waals surface area contributed by atoms with E-state index in [1.54, 1.807) is 11.3 Å². The SMILES string of the molecule is Cc1cnc2c(c1)nc(-c1cccs1)n2CC1CCCNC1. The zero-order valence-corrected chi connectivity index (χ0v) is 13.6. The topological polar surface area (TPSA) is 42.7 Å². The van der Waals surface area contributed by atoms with Gasteiger partial charge in [0.15, 0.2) is 11.5 Å². The molecule has 22 heavy (non-hydrogen) atoms. The second-order valence-corrected chi connectivity index (χ2v) is 7.04. The molecule has 0 saturated carbocycles. The van der Waals surface area contributed by atoms with Crippen LogP contribution in [0.3, 0.4) is 0 Å². The van der Waals surface area contributed by atoms with Crippen LogP contribution < -0.4 is 5.32 Å². The Balaban J connectivity index is 1.80. The molecule has 1 fully saturated rings. The Morgan fingerprint density at radius 2 is 2.41 bits per heavy atom. The largest absolute Gasteiger partial charge is 0.316 e. The molecule has 4 heterocycles. The zero-order chi connectivity index (χ0) is 14.9. The number of nitrogens with zero attached hydrogens (tertiary/aromatic N) is 3. The lowest BCUT2D eigenvalue weighted by molar-refractivity contribution is 0.341. The fourth-order valence-corrected chi connectivity index (χ4v) is 3.94. The number of aryl methyl sites for hydroxylation is 1. The minimum Gasteiger partial charge on any atom is -0.316 e. The Labute approximate surface area is 134 Å². The summed E-state index contributed by atoms with van der Waals surface area (Å²) in [7, 11) is 0. The van der Waals surface area contributed by atoms with E-state index in [-0.39, 0.29) is 0 Å². The lowest BCUT2D eigenvalue weighted by atomic mass is 9.99. The molecule has 0 spiro atoms. The van der Waals surface area contributed by atoms with Crippen LogP contribution in [0.5, 0.6) is 0 Å². The number of nitrogens with one attached hydrogen (secondary N) is 1. The summed E-state index contributed by atoms with van der Waals surface area (Å²) in [6, 6.07) is 6.37. The fourth-order valence-electron chi connectivity index (χ4n) is 3.22. The van der Waals surface area contributed by atoms with Crippen LogP contribution in [0.4, 0.5) is 0 Å². The van der Waals surface area contributed by atoms with Crippen LogP contribution in [-0.2, 0) is 6.54 Å². The highest BCUT2D eigenvalue weighted by Crippen LogP contribution is 2.29. The normalized spacial score (nSPS) is 18.9. The van der Waals surface area contributed by atoms with Crippen LogP contribution >= 0.6 is 11.3 Å². The van der Waals surface area contributed by atoms with Gasteiger partial charge in [0, 0.05) is 12.7 Å². The molecule has 114 valence electrons. The Morgan fingerprint density at radius 3 is 3.18 bits per heavy atom. The molecule has 5 heteroatoms. The van der Waals surface area contributed by atoms with Gasteiger partial charge in [-0.2, -0.15) is 0 Å². The first-order valence-corrected chi connectivity index (χ1v) is 8.77. The Morgan fingerprint density at radius 1 is 1.45 bits per heavy atom. The summed E-state index contributed by atoms with van der Waals surface area (Å²) in [4.78, 5) is 10.8. The van der Waals surface area contributed by atoms with Crippen LogP contribution in [0, 0.1) is 12.8 Å². The highest BCUT2D eigenvalue weighted by atomic mass is 32.1. The fraction of sp³-hybridized carbons (Fsp3) is 0.412. The van der Waals surface area contributed by atoms with Crippen molar-refractivity contribution in [2.45, 2.75) is 26.3 Å².